The van der Waals surface area contributed by atoms with Gasteiger partial charge in [0.2, 0.25) is 0 Å². The van der Waals surface area contributed by atoms with E-state index in [-0.39, 0.29) is 10.2 Å². The summed E-state index contributed by atoms with van der Waals surface area (Å²) in [6.45, 7) is 1.72. The second-order valence-corrected chi connectivity index (χ2v) is 4.17. The summed E-state index contributed by atoms with van der Waals surface area (Å²) in [7, 11) is -3.74. The number of aromatic nitrogens is 1. The minimum Gasteiger partial charge on any atom is -0.223 e. The van der Waals surface area contributed by atoms with Crippen molar-refractivity contribution in [3.05, 3.63) is 22.8 Å². The molecule has 0 saturated heterocycles. The molecule has 0 saturated carbocycles. The van der Waals surface area contributed by atoms with Gasteiger partial charge in [0.25, 0.3) is 10.0 Å². The molecule has 0 atom stereocenters. The lowest BCUT2D eigenvalue weighted by Gasteiger charge is -1.99. The Labute approximate surface area is 75.4 Å². The molecular weight excluding hydrogens is 200 g/mol. The molecule has 0 spiro atoms. The fourth-order valence-electron chi connectivity index (χ4n) is 0.646. The minimum atomic E-state index is -3.74. The van der Waals surface area contributed by atoms with Crippen LogP contribution in [0.3, 0.4) is 0 Å². The summed E-state index contributed by atoms with van der Waals surface area (Å²) in [5, 5.41) is 4.77. The van der Waals surface area contributed by atoms with Crippen LogP contribution in [0, 0.1) is 6.92 Å². The average Bonchev–Trinajstić information content (AvgIpc) is 1.92. The van der Waals surface area contributed by atoms with Crippen molar-refractivity contribution in [3.8, 4) is 0 Å². The highest BCUT2D eigenvalue weighted by Crippen LogP contribution is 2.13. The Bertz CT molecular complexity index is 402. The fraction of sp³-hybridized carbons (Fsp3) is 0.167. The van der Waals surface area contributed by atoms with Gasteiger partial charge in [-0.25, -0.2) is 18.5 Å². The highest BCUT2D eigenvalue weighted by molar-refractivity contribution is 7.89. The van der Waals surface area contributed by atoms with E-state index in [9.17, 15) is 8.42 Å². The highest BCUT2D eigenvalue weighted by Gasteiger charge is 2.10. The summed E-state index contributed by atoms with van der Waals surface area (Å²) in [5.41, 5.74) is 0.712. The first-order valence-corrected chi connectivity index (χ1v) is 4.99. The van der Waals surface area contributed by atoms with Crippen molar-refractivity contribution in [2.45, 2.75) is 11.9 Å². The predicted octanol–water partition coefficient (Wildman–Crippen LogP) is 0.691. The molecule has 66 valence electrons. The Kier molecular flexibility index (Phi) is 2.36. The van der Waals surface area contributed by atoms with Crippen LogP contribution in [0.2, 0.25) is 5.15 Å². The highest BCUT2D eigenvalue weighted by atomic mass is 35.5. The molecule has 1 aromatic rings. The number of aryl methyl sites for hydroxylation is 1. The fourth-order valence-corrected chi connectivity index (χ4v) is 1.33. The first-order valence-electron chi connectivity index (χ1n) is 3.07. The van der Waals surface area contributed by atoms with E-state index in [2.05, 4.69) is 4.98 Å². The smallest absolute Gasteiger partial charge is 0.223 e. The van der Waals surface area contributed by atoms with E-state index in [1.54, 1.807) is 13.0 Å². The third kappa shape index (κ3) is 1.94. The van der Waals surface area contributed by atoms with E-state index in [4.69, 9.17) is 16.7 Å². The predicted molar refractivity (Wildman–Crippen MR) is 45.4 cm³/mol. The van der Waals surface area contributed by atoms with E-state index < -0.39 is 10.0 Å². The lowest BCUT2D eigenvalue weighted by Crippen LogP contribution is -2.14. The van der Waals surface area contributed by atoms with Gasteiger partial charge in [0.15, 0.2) is 5.03 Å². The van der Waals surface area contributed by atoms with Crippen LogP contribution in [0.5, 0.6) is 0 Å². The van der Waals surface area contributed by atoms with E-state index in [0.717, 1.165) is 0 Å². The van der Waals surface area contributed by atoms with Gasteiger partial charge in [-0.3, -0.25) is 0 Å². The van der Waals surface area contributed by atoms with Crippen molar-refractivity contribution in [2.24, 2.45) is 5.14 Å². The van der Waals surface area contributed by atoms with Crippen LogP contribution in [-0.4, -0.2) is 13.4 Å². The monoisotopic (exact) mass is 206 g/mol. The number of pyridine rings is 1. The molecule has 0 bridgehead atoms. The van der Waals surface area contributed by atoms with Gasteiger partial charge in [-0.1, -0.05) is 17.7 Å². The molecule has 2 N–H and O–H groups in total. The Morgan fingerprint density at radius 3 is 2.50 bits per heavy atom. The van der Waals surface area contributed by atoms with Gasteiger partial charge in [-0.05, 0) is 18.6 Å². The van der Waals surface area contributed by atoms with Gasteiger partial charge in [0.05, 0.1) is 0 Å². The van der Waals surface area contributed by atoms with E-state index in [0.29, 0.717) is 5.56 Å². The molecule has 1 aromatic heterocycles. The van der Waals surface area contributed by atoms with E-state index >= 15 is 0 Å². The third-order valence-corrected chi connectivity index (χ3v) is 2.49. The first kappa shape index (κ1) is 9.44. The first-order chi connectivity index (χ1) is 5.41. The molecule has 0 amide bonds. The second-order valence-electron chi connectivity index (χ2n) is 2.30. The Morgan fingerprint density at radius 1 is 1.50 bits per heavy atom. The standard InChI is InChI=1S/C6H7ClN2O2S/c1-4-2-3-5(9-6(4)7)12(8,10)11/h2-3H,1H3,(H2,8,10,11). The summed E-state index contributed by atoms with van der Waals surface area (Å²) >= 11 is 5.59. The van der Waals surface area contributed by atoms with Crippen LogP contribution in [0.4, 0.5) is 0 Å². The largest absolute Gasteiger partial charge is 0.255 e. The number of hydrogen-bond donors (Lipinski definition) is 1. The number of primary sulfonamides is 1. The van der Waals surface area contributed by atoms with Crippen molar-refractivity contribution < 1.29 is 8.42 Å². The zero-order chi connectivity index (χ0) is 9.35. The van der Waals surface area contributed by atoms with Crippen LogP contribution < -0.4 is 5.14 Å². The second kappa shape index (κ2) is 3.01. The summed E-state index contributed by atoms with van der Waals surface area (Å²) in [5.74, 6) is 0. The van der Waals surface area contributed by atoms with Crippen molar-refractivity contribution in [3.63, 3.8) is 0 Å². The van der Waals surface area contributed by atoms with E-state index in [1.165, 1.54) is 6.07 Å². The number of rotatable bonds is 1. The molecule has 1 heterocycles. The Balaban J connectivity index is 3.33. The molecular formula is C6H7ClN2O2S. The summed E-state index contributed by atoms with van der Waals surface area (Å²) in [4.78, 5) is 3.60. The molecule has 0 radical (unpaired) electrons. The zero-order valence-corrected chi connectivity index (χ0v) is 7.85. The molecule has 0 aromatic carbocycles. The number of hydrogen-bond acceptors (Lipinski definition) is 3. The molecule has 0 fully saturated rings. The molecule has 0 unspecified atom stereocenters. The van der Waals surface area contributed by atoms with Crippen molar-refractivity contribution in [1.82, 2.24) is 4.98 Å². The van der Waals surface area contributed by atoms with Crippen LogP contribution >= 0.6 is 11.6 Å². The average molecular weight is 207 g/mol. The number of sulfonamides is 1. The maximum absolute atomic E-state index is 10.8. The SMILES string of the molecule is Cc1ccc(S(N)(=O)=O)nc1Cl. The third-order valence-electron chi connectivity index (χ3n) is 1.30. The lowest BCUT2D eigenvalue weighted by molar-refractivity contribution is 0.594. The number of nitrogens with zero attached hydrogens (tertiary/aromatic N) is 1. The van der Waals surface area contributed by atoms with E-state index in [1.807, 2.05) is 0 Å². The molecule has 0 aliphatic carbocycles. The van der Waals surface area contributed by atoms with Crippen molar-refractivity contribution >= 4 is 21.6 Å². The lowest BCUT2D eigenvalue weighted by atomic mass is 10.3. The molecule has 1 rings (SSSR count). The molecule has 12 heavy (non-hydrogen) atoms. The van der Waals surface area contributed by atoms with Crippen molar-refractivity contribution in [1.29, 1.82) is 0 Å². The Morgan fingerprint density at radius 2 is 2.08 bits per heavy atom. The summed E-state index contributed by atoms with van der Waals surface area (Å²) < 4.78 is 21.5. The van der Waals surface area contributed by atoms with Gasteiger partial charge in [0.1, 0.15) is 5.15 Å². The molecule has 6 heteroatoms. The maximum Gasteiger partial charge on any atom is 0.255 e. The van der Waals surface area contributed by atoms with Crippen LogP contribution in [-0.2, 0) is 10.0 Å². The van der Waals surface area contributed by atoms with Gasteiger partial charge in [-0.2, -0.15) is 0 Å². The summed E-state index contributed by atoms with van der Waals surface area (Å²) in [6.07, 6.45) is 0. The molecule has 0 aliphatic rings. The van der Waals surface area contributed by atoms with Crippen LogP contribution in [0.1, 0.15) is 5.56 Å². The quantitative estimate of drug-likeness (QED) is 0.688. The molecule has 4 nitrogen and oxygen atoms in total. The van der Waals surface area contributed by atoms with Crippen LogP contribution in [0.15, 0.2) is 17.2 Å². The maximum atomic E-state index is 10.8. The number of nitrogens with two attached hydrogens (primary N) is 1. The van der Waals surface area contributed by atoms with Gasteiger partial charge >= 0.3 is 0 Å². The van der Waals surface area contributed by atoms with Gasteiger partial charge < -0.3 is 0 Å². The van der Waals surface area contributed by atoms with Gasteiger partial charge in [-0.15, -0.1) is 0 Å². The minimum absolute atomic E-state index is 0.154. The Hall–Kier alpha value is -0.650. The van der Waals surface area contributed by atoms with Gasteiger partial charge in [0, 0.05) is 0 Å². The topological polar surface area (TPSA) is 73.1 Å². The van der Waals surface area contributed by atoms with Crippen molar-refractivity contribution in [2.75, 3.05) is 0 Å². The molecule has 0 aliphatic heterocycles. The van der Waals surface area contributed by atoms with Crippen LogP contribution in [0.25, 0.3) is 0 Å². The number of halogens is 1. The zero-order valence-electron chi connectivity index (χ0n) is 6.28. The normalized spacial score (nSPS) is 11.6. The summed E-state index contributed by atoms with van der Waals surface area (Å²) in [6, 6.07) is 2.87.